The molecule has 2 nitrogen and oxygen atoms in total. The molecule has 0 radical (unpaired) electrons. The second kappa shape index (κ2) is 5.54. The molecule has 0 spiro atoms. The molecule has 0 aromatic heterocycles. The molecular formula is C15H22O2. The van der Waals surface area contributed by atoms with E-state index in [4.69, 9.17) is 4.74 Å². The molecule has 1 aliphatic rings. The number of ether oxygens (including phenoxy) is 1. The van der Waals surface area contributed by atoms with Crippen molar-refractivity contribution in [3.63, 3.8) is 0 Å². The van der Waals surface area contributed by atoms with Gasteiger partial charge in [0.1, 0.15) is 5.75 Å². The predicted octanol–water partition coefficient (Wildman–Crippen LogP) is 3.63. The minimum Gasteiger partial charge on any atom is -0.494 e. The van der Waals surface area contributed by atoms with E-state index in [-0.39, 0.29) is 0 Å². The first-order valence-electron chi connectivity index (χ1n) is 6.70. The van der Waals surface area contributed by atoms with Gasteiger partial charge in [0.15, 0.2) is 0 Å². The first-order chi connectivity index (χ1) is 8.24. The van der Waals surface area contributed by atoms with Crippen LogP contribution in [0.15, 0.2) is 24.3 Å². The van der Waals surface area contributed by atoms with Gasteiger partial charge >= 0.3 is 0 Å². The quantitative estimate of drug-likeness (QED) is 0.809. The zero-order valence-electron chi connectivity index (χ0n) is 10.6. The highest BCUT2D eigenvalue weighted by molar-refractivity contribution is 5.32. The Morgan fingerprint density at radius 2 is 1.88 bits per heavy atom. The molecule has 1 N–H and O–H groups in total. The van der Waals surface area contributed by atoms with E-state index in [1.165, 1.54) is 12.8 Å². The highest BCUT2D eigenvalue weighted by Crippen LogP contribution is 2.36. The molecule has 94 valence electrons. The first-order valence-corrected chi connectivity index (χ1v) is 6.70. The van der Waals surface area contributed by atoms with Crippen molar-refractivity contribution < 1.29 is 9.84 Å². The summed E-state index contributed by atoms with van der Waals surface area (Å²) in [5.41, 5.74) is 0.384. The molecule has 2 rings (SSSR count). The third-order valence-corrected chi connectivity index (χ3v) is 3.61. The van der Waals surface area contributed by atoms with Gasteiger partial charge in [-0.1, -0.05) is 37.8 Å². The number of rotatable bonds is 3. The van der Waals surface area contributed by atoms with Crippen LogP contribution in [0.25, 0.3) is 0 Å². The zero-order chi connectivity index (χ0) is 12.1. The van der Waals surface area contributed by atoms with Crippen LogP contribution in [0, 0.1) is 0 Å². The fourth-order valence-electron chi connectivity index (χ4n) is 2.64. The zero-order valence-corrected chi connectivity index (χ0v) is 10.6. The lowest BCUT2D eigenvalue weighted by molar-refractivity contribution is 0.0205. The predicted molar refractivity (Wildman–Crippen MR) is 69.2 cm³/mol. The van der Waals surface area contributed by atoms with E-state index in [2.05, 4.69) is 0 Å². The van der Waals surface area contributed by atoms with E-state index in [9.17, 15) is 5.11 Å². The van der Waals surface area contributed by atoms with Crippen LogP contribution in [0.4, 0.5) is 0 Å². The van der Waals surface area contributed by atoms with E-state index >= 15 is 0 Å². The lowest BCUT2D eigenvalue weighted by Gasteiger charge is -2.27. The Morgan fingerprint density at radius 3 is 2.53 bits per heavy atom. The molecular weight excluding hydrogens is 212 g/mol. The summed E-state index contributed by atoms with van der Waals surface area (Å²) in [4.78, 5) is 0. The van der Waals surface area contributed by atoms with Gasteiger partial charge in [-0.15, -0.1) is 0 Å². The number of benzene rings is 1. The van der Waals surface area contributed by atoms with Crippen LogP contribution in [0.2, 0.25) is 0 Å². The van der Waals surface area contributed by atoms with E-state index in [1.54, 1.807) is 0 Å². The van der Waals surface area contributed by atoms with Crippen molar-refractivity contribution in [2.75, 3.05) is 6.61 Å². The Hall–Kier alpha value is -1.02. The lowest BCUT2D eigenvalue weighted by Crippen LogP contribution is -2.24. The summed E-state index contributed by atoms with van der Waals surface area (Å²) >= 11 is 0. The third kappa shape index (κ3) is 3.01. The summed E-state index contributed by atoms with van der Waals surface area (Å²) < 4.78 is 5.50. The van der Waals surface area contributed by atoms with E-state index < -0.39 is 5.60 Å². The first kappa shape index (κ1) is 12.4. The van der Waals surface area contributed by atoms with Crippen molar-refractivity contribution in [3.05, 3.63) is 29.8 Å². The molecule has 0 aliphatic heterocycles. The van der Waals surface area contributed by atoms with E-state index in [0.717, 1.165) is 37.0 Å². The molecule has 0 atom stereocenters. The summed E-state index contributed by atoms with van der Waals surface area (Å²) in [6.07, 6.45) is 6.48. The van der Waals surface area contributed by atoms with Gasteiger partial charge in [-0.2, -0.15) is 0 Å². The van der Waals surface area contributed by atoms with Gasteiger partial charge in [-0.3, -0.25) is 0 Å². The Morgan fingerprint density at radius 1 is 1.18 bits per heavy atom. The Labute approximate surface area is 104 Å². The van der Waals surface area contributed by atoms with Crippen molar-refractivity contribution in [1.82, 2.24) is 0 Å². The summed E-state index contributed by atoms with van der Waals surface area (Å²) in [7, 11) is 0. The fourth-order valence-corrected chi connectivity index (χ4v) is 2.64. The molecule has 0 bridgehead atoms. The molecule has 0 amide bonds. The normalized spacial score (nSPS) is 19.6. The Balaban J connectivity index is 2.21. The van der Waals surface area contributed by atoms with E-state index in [0.29, 0.717) is 6.61 Å². The van der Waals surface area contributed by atoms with Crippen molar-refractivity contribution in [2.45, 2.75) is 51.0 Å². The fraction of sp³-hybridized carbons (Fsp3) is 0.600. The van der Waals surface area contributed by atoms with Gasteiger partial charge in [-0.05, 0) is 37.5 Å². The van der Waals surface area contributed by atoms with Crippen molar-refractivity contribution in [2.24, 2.45) is 0 Å². The topological polar surface area (TPSA) is 29.5 Å². The smallest absolute Gasteiger partial charge is 0.119 e. The molecule has 0 unspecified atom stereocenters. The maximum absolute atomic E-state index is 10.8. The molecule has 0 heterocycles. The van der Waals surface area contributed by atoms with Crippen LogP contribution < -0.4 is 4.74 Å². The minimum absolute atomic E-state index is 0.635. The second-order valence-electron chi connectivity index (χ2n) is 4.91. The van der Waals surface area contributed by atoms with Crippen LogP contribution in [0.5, 0.6) is 5.75 Å². The molecule has 17 heavy (non-hydrogen) atoms. The average Bonchev–Trinajstić information content (AvgIpc) is 2.56. The second-order valence-corrected chi connectivity index (χ2v) is 4.91. The van der Waals surface area contributed by atoms with Gasteiger partial charge in [-0.25, -0.2) is 0 Å². The van der Waals surface area contributed by atoms with Crippen molar-refractivity contribution >= 4 is 0 Å². The van der Waals surface area contributed by atoms with Crippen LogP contribution in [-0.2, 0) is 5.60 Å². The van der Waals surface area contributed by atoms with Gasteiger partial charge in [0, 0.05) is 0 Å². The van der Waals surface area contributed by atoms with Crippen LogP contribution in [0.1, 0.15) is 51.0 Å². The Kier molecular flexibility index (Phi) is 4.06. The standard InChI is InChI=1S/C15H22O2/c1-2-17-14-9-7-8-13(12-14)15(16)10-5-3-4-6-11-15/h7-9,12,16H,2-6,10-11H2,1H3. The number of aliphatic hydroxyl groups is 1. The number of hydrogen-bond acceptors (Lipinski definition) is 2. The lowest BCUT2D eigenvalue weighted by atomic mass is 9.86. The summed E-state index contributed by atoms with van der Waals surface area (Å²) in [6, 6.07) is 7.94. The van der Waals surface area contributed by atoms with Crippen molar-refractivity contribution in [1.29, 1.82) is 0 Å². The minimum atomic E-state index is -0.635. The average molecular weight is 234 g/mol. The summed E-state index contributed by atoms with van der Waals surface area (Å²) in [6.45, 7) is 2.65. The van der Waals surface area contributed by atoms with Gasteiger partial charge in [0.25, 0.3) is 0 Å². The monoisotopic (exact) mass is 234 g/mol. The molecule has 2 heteroatoms. The van der Waals surface area contributed by atoms with Crippen LogP contribution >= 0.6 is 0 Å². The Bertz CT molecular complexity index is 352. The molecule has 1 saturated carbocycles. The van der Waals surface area contributed by atoms with E-state index in [1.807, 2.05) is 31.2 Å². The number of hydrogen-bond donors (Lipinski definition) is 1. The third-order valence-electron chi connectivity index (χ3n) is 3.61. The molecule has 1 aromatic rings. The summed E-state index contributed by atoms with van der Waals surface area (Å²) in [5.74, 6) is 0.864. The highest BCUT2D eigenvalue weighted by atomic mass is 16.5. The SMILES string of the molecule is CCOc1cccc(C2(O)CCCCCC2)c1. The molecule has 1 aromatic carbocycles. The van der Waals surface area contributed by atoms with Gasteiger partial charge in [0.05, 0.1) is 12.2 Å². The molecule has 1 fully saturated rings. The van der Waals surface area contributed by atoms with Gasteiger partial charge < -0.3 is 9.84 Å². The highest BCUT2D eigenvalue weighted by Gasteiger charge is 2.30. The molecule has 0 saturated heterocycles. The summed E-state index contributed by atoms with van der Waals surface area (Å²) in [5, 5.41) is 10.8. The van der Waals surface area contributed by atoms with Gasteiger partial charge in [0.2, 0.25) is 0 Å². The molecule has 1 aliphatic carbocycles. The maximum atomic E-state index is 10.8. The van der Waals surface area contributed by atoms with Crippen LogP contribution in [-0.4, -0.2) is 11.7 Å². The van der Waals surface area contributed by atoms with Crippen LogP contribution in [0.3, 0.4) is 0 Å². The van der Waals surface area contributed by atoms with Crippen molar-refractivity contribution in [3.8, 4) is 5.75 Å². The largest absolute Gasteiger partial charge is 0.494 e. The maximum Gasteiger partial charge on any atom is 0.119 e.